The van der Waals surface area contributed by atoms with E-state index in [1.165, 1.54) is 4.90 Å². The topological polar surface area (TPSA) is 76.2 Å². The Morgan fingerprint density at radius 2 is 1.79 bits per heavy atom. The van der Waals surface area contributed by atoms with Crippen molar-refractivity contribution in [2.75, 3.05) is 33.4 Å². The average Bonchev–Trinajstić information content (AvgIpc) is 2.54. The molecule has 24 heavy (non-hydrogen) atoms. The number of alkyl halides is 3. The number of rotatable bonds is 5. The van der Waals surface area contributed by atoms with Crippen LogP contribution in [-0.4, -0.2) is 73.3 Å². The van der Waals surface area contributed by atoms with Crippen LogP contribution in [0.4, 0.5) is 18.0 Å². The number of halogens is 3. The number of hydrogen-bond acceptors (Lipinski definition) is 5. The SMILES string of the molecule is CCOC(=O)N1CCC(N(CCC(=O)OC)C(=O)C(F)(F)F)CC1. The molecule has 10 heteroatoms. The van der Waals surface area contributed by atoms with Gasteiger partial charge in [-0.15, -0.1) is 0 Å². The van der Waals surface area contributed by atoms with E-state index in [0.717, 1.165) is 7.11 Å². The summed E-state index contributed by atoms with van der Waals surface area (Å²) in [4.78, 5) is 36.4. The summed E-state index contributed by atoms with van der Waals surface area (Å²) < 4.78 is 47.6. The molecule has 0 aromatic carbocycles. The van der Waals surface area contributed by atoms with Crippen molar-refractivity contribution in [1.82, 2.24) is 9.80 Å². The Morgan fingerprint density at radius 1 is 1.21 bits per heavy atom. The Kier molecular flexibility index (Phi) is 7.30. The molecule has 0 unspecified atom stereocenters. The molecule has 1 fully saturated rings. The van der Waals surface area contributed by atoms with Gasteiger partial charge in [0.25, 0.3) is 0 Å². The van der Waals surface area contributed by atoms with Gasteiger partial charge in [0.1, 0.15) is 0 Å². The van der Waals surface area contributed by atoms with Crippen molar-refractivity contribution in [1.29, 1.82) is 0 Å². The smallest absolute Gasteiger partial charge is 0.469 e. The van der Waals surface area contributed by atoms with Crippen molar-refractivity contribution in [2.45, 2.75) is 38.4 Å². The van der Waals surface area contributed by atoms with Crippen LogP contribution in [0.25, 0.3) is 0 Å². The van der Waals surface area contributed by atoms with E-state index in [-0.39, 0.29) is 45.5 Å². The van der Waals surface area contributed by atoms with Gasteiger partial charge in [-0.3, -0.25) is 9.59 Å². The summed E-state index contributed by atoms with van der Waals surface area (Å²) in [5, 5.41) is 0. The van der Waals surface area contributed by atoms with Crippen LogP contribution in [-0.2, 0) is 19.1 Å². The van der Waals surface area contributed by atoms with E-state index in [9.17, 15) is 27.6 Å². The first-order chi connectivity index (χ1) is 11.2. The molecule has 7 nitrogen and oxygen atoms in total. The molecule has 0 aromatic rings. The second kappa shape index (κ2) is 8.74. The maximum atomic E-state index is 12.8. The van der Waals surface area contributed by atoms with Gasteiger partial charge in [-0.05, 0) is 19.8 Å². The summed E-state index contributed by atoms with van der Waals surface area (Å²) in [6, 6.07) is -0.700. The van der Waals surface area contributed by atoms with Gasteiger partial charge >= 0.3 is 24.1 Å². The van der Waals surface area contributed by atoms with Crippen LogP contribution in [0.15, 0.2) is 0 Å². The maximum Gasteiger partial charge on any atom is 0.471 e. The number of likely N-dealkylation sites (tertiary alicyclic amines) is 1. The lowest BCUT2D eigenvalue weighted by Crippen LogP contribution is -2.52. The molecule has 1 saturated heterocycles. The third-order valence-electron chi connectivity index (χ3n) is 3.72. The molecule has 0 aromatic heterocycles. The van der Waals surface area contributed by atoms with Crippen LogP contribution >= 0.6 is 0 Å². The summed E-state index contributed by atoms with van der Waals surface area (Å²) in [7, 11) is 1.12. The second-order valence-corrected chi connectivity index (χ2v) is 5.24. The van der Waals surface area contributed by atoms with E-state index in [0.29, 0.717) is 4.90 Å². The van der Waals surface area contributed by atoms with Gasteiger partial charge in [-0.1, -0.05) is 0 Å². The Hall–Kier alpha value is -2.00. The average molecular weight is 354 g/mol. The first kappa shape index (κ1) is 20.0. The van der Waals surface area contributed by atoms with Crippen molar-refractivity contribution in [3.63, 3.8) is 0 Å². The molecule has 0 radical (unpaired) electrons. The molecule has 0 atom stereocenters. The van der Waals surface area contributed by atoms with Gasteiger partial charge in [0.2, 0.25) is 0 Å². The number of ether oxygens (including phenoxy) is 2. The van der Waals surface area contributed by atoms with E-state index >= 15 is 0 Å². The first-order valence-electron chi connectivity index (χ1n) is 7.57. The molecular formula is C14H21F3N2O5. The maximum absolute atomic E-state index is 12.8. The van der Waals surface area contributed by atoms with Crippen molar-refractivity contribution < 1.29 is 37.0 Å². The highest BCUT2D eigenvalue weighted by Gasteiger charge is 2.45. The molecule has 0 spiro atoms. The van der Waals surface area contributed by atoms with Gasteiger partial charge in [0.05, 0.1) is 20.1 Å². The minimum Gasteiger partial charge on any atom is -0.469 e. The molecule has 0 saturated carbocycles. The van der Waals surface area contributed by atoms with Crippen LogP contribution in [0.1, 0.15) is 26.2 Å². The van der Waals surface area contributed by atoms with E-state index in [2.05, 4.69) is 4.74 Å². The molecular weight excluding hydrogens is 333 g/mol. The van der Waals surface area contributed by atoms with Gasteiger partial charge in [0, 0.05) is 25.7 Å². The highest BCUT2D eigenvalue weighted by atomic mass is 19.4. The summed E-state index contributed by atoms with van der Waals surface area (Å²) in [6.07, 6.45) is -5.51. The van der Waals surface area contributed by atoms with E-state index in [1.54, 1.807) is 6.92 Å². The number of amides is 2. The lowest BCUT2D eigenvalue weighted by molar-refractivity contribution is -0.189. The summed E-state index contributed by atoms with van der Waals surface area (Å²) >= 11 is 0. The normalized spacial score (nSPS) is 15.8. The third kappa shape index (κ3) is 5.57. The summed E-state index contributed by atoms with van der Waals surface area (Å²) in [6.45, 7) is 1.85. The van der Waals surface area contributed by atoms with E-state index < -0.39 is 30.2 Å². The molecule has 1 aliphatic heterocycles. The zero-order chi connectivity index (χ0) is 18.3. The van der Waals surface area contributed by atoms with Gasteiger partial charge in [-0.25, -0.2) is 4.79 Å². The van der Waals surface area contributed by atoms with Gasteiger partial charge in [0.15, 0.2) is 0 Å². The fraction of sp³-hybridized carbons (Fsp3) is 0.786. The number of nitrogens with zero attached hydrogens (tertiary/aromatic N) is 2. The minimum atomic E-state index is -5.02. The first-order valence-corrected chi connectivity index (χ1v) is 7.57. The molecule has 0 bridgehead atoms. The molecule has 0 N–H and O–H groups in total. The predicted molar refractivity (Wildman–Crippen MR) is 76.0 cm³/mol. The van der Waals surface area contributed by atoms with Gasteiger partial charge in [-0.2, -0.15) is 13.2 Å². The van der Waals surface area contributed by atoms with E-state index in [4.69, 9.17) is 4.74 Å². The van der Waals surface area contributed by atoms with Crippen LogP contribution in [0.2, 0.25) is 0 Å². The number of carbonyl (C=O) groups excluding carboxylic acids is 3. The fourth-order valence-corrected chi connectivity index (χ4v) is 2.50. The number of piperidine rings is 1. The highest BCUT2D eigenvalue weighted by Crippen LogP contribution is 2.25. The second-order valence-electron chi connectivity index (χ2n) is 5.24. The zero-order valence-corrected chi connectivity index (χ0v) is 13.6. The molecule has 0 aliphatic carbocycles. The Balaban J connectivity index is 2.72. The van der Waals surface area contributed by atoms with Crippen molar-refractivity contribution >= 4 is 18.0 Å². The Bertz CT molecular complexity index is 462. The third-order valence-corrected chi connectivity index (χ3v) is 3.72. The summed E-state index contributed by atoms with van der Waals surface area (Å²) in [5.74, 6) is -2.68. The molecule has 1 heterocycles. The Morgan fingerprint density at radius 3 is 2.25 bits per heavy atom. The van der Waals surface area contributed by atoms with Crippen molar-refractivity contribution in [3.8, 4) is 0 Å². The van der Waals surface area contributed by atoms with Crippen molar-refractivity contribution in [2.24, 2.45) is 0 Å². The number of methoxy groups -OCH3 is 1. The lowest BCUT2D eigenvalue weighted by atomic mass is 10.0. The minimum absolute atomic E-state index is 0.182. The molecule has 2 amide bonds. The number of esters is 1. The Labute approximate surface area is 137 Å². The van der Waals surface area contributed by atoms with Crippen LogP contribution in [0.3, 0.4) is 0 Å². The fourth-order valence-electron chi connectivity index (χ4n) is 2.50. The predicted octanol–water partition coefficient (Wildman–Crippen LogP) is 1.56. The largest absolute Gasteiger partial charge is 0.471 e. The quantitative estimate of drug-likeness (QED) is 0.701. The van der Waals surface area contributed by atoms with Crippen LogP contribution < -0.4 is 0 Å². The van der Waals surface area contributed by atoms with Crippen molar-refractivity contribution in [3.05, 3.63) is 0 Å². The summed E-state index contributed by atoms with van der Waals surface area (Å²) in [5.41, 5.74) is 0. The molecule has 1 rings (SSSR count). The van der Waals surface area contributed by atoms with Crippen LogP contribution in [0.5, 0.6) is 0 Å². The number of carbonyl (C=O) groups is 3. The zero-order valence-electron chi connectivity index (χ0n) is 13.6. The molecule has 138 valence electrons. The van der Waals surface area contributed by atoms with E-state index in [1.807, 2.05) is 0 Å². The van der Waals surface area contributed by atoms with Gasteiger partial charge < -0.3 is 19.3 Å². The van der Waals surface area contributed by atoms with Crippen LogP contribution in [0, 0.1) is 0 Å². The lowest BCUT2D eigenvalue weighted by Gasteiger charge is -2.38. The molecule has 1 aliphatic rings. The number of hydrogen-bond donors (Lipinski definition) is 0. The monoisotopic (exact) mass is 354 g/mol. The standard InChI is InChI=1S/C14H21F3N2O5/c1-3-24-13(22)18-7-4-10(5-8-18)19(9-6-11(20)23-2)12(21)14(15,16)17/h10H,3-9H2,1-2H3. The highest BCUT2D eigenvalue weighted by molar-refractivity contribution is 5.82.